The van der Waals surface area contributed by atoms with Gasteiger partial charge < -0.3 is 10.2 Å². The number of halogens is 1. The lowest BCUT2D eigenvalue weighted by atomic mass is 10.0. The standard InChI is InChI=1S/C16H21BrN2O/c1-11-4-7-14(15(17)8-11)16(9-18)19(3)10-13-6-5-12(2)20-13/h4-8,16H,9-10,18H2,1-3H3. The molecule has 3 nitrogen and oxygen atoms in total. The lowest BCUT2D eigenvalue weighted by molar-refractivity contribution is 0.221. The Labute approximate surface area is 128 Å². The highest BCUT2D eigenvalue weighted by molar-refractivity contribution is 9.10. The van der Waals surface area contributed by atoms with E-state index in [1.165, 1.54) is 11.1 Å². The molecule has 20 heavy (non-hydrogen) atoms. The molecule has 2 rings (SSSR count). The van der Waals surface area contributed by atoms with Gasteiger partial charge in [-0.2, -0.15) is 0 Å². The Balaban J connectivity index is 2.18. The highest BCUT2D eigenvalue weighted by Crippen LogP contribution is 2.28. The lowest BCUT2D eigenvalue weighted by Gasteiger charge is -2.27. The van der Waals surface area contributed by atoms with E-state index in [0.717, 1.165) is 22.5 Å². The minimum absolute atomic E-state index is 0.162. The van der Waals surface area contributed by atoms with Gasteiger partial charge in [0.2, 0.25) is 0 Å². The van der Waals surface area contributed by atoms with Crippen LogP contribution in [-0.2, 0) is 6.54 Å². The van der Waals surface area contributed by atoms with E-state index < -0.39 is 0 Å². The second-order valence-corrected chi connectivity index (χ2v) is 6.06. The van der Waals surface area contributed by atoms with Crippen LogP contribution in [0.15, 0.2) is 39.2 Å². The number of nitrogens with zero attached hydrogens (tertiary/aromatic N) is 1. The maximum absolute atomic E-state index is 5.98. The molecular weight excluding hydrogens is 316 g/mol. The van der Waals surface area contributed by atoms with Crippen molar-refractivity contribution in [2.45, 2.75) is 26.4 Å². The van der Waals surface area contributed by atoms with Crippen molar-refractivity contribution >= 4 is 15.9 Å². The SMILES string of the molecule is Cc1ccc(C(CN)N(C)Cc2ccc(C)o2)c(Br)c1. The molecule has 0 amide bonds. The predicted molar refractivity (Wildman–Crippen MR) is 85.6 cm³/mol. The van der Waals surface area contributed by atoms with Gasteiger partial charge in [-0.15, -0.1) is 0 Å². The Morgan fingerprint density at radius 2 is 2.00 bits per heavy atom. The third-order valence-corrected chi connectivity index (χ3v) is 4.16. The summed E-state index contributed by atoms with van der Waals surface area (Å²) in [5.74, 6) is 1.90. The van der Waals surface area contributed by atoms with Gasteiger partial charge in [0.1, 0.15) is 11.5 Å². The van der Waals surface area contributed by atoms with Gasteiger partial charge >= 0.3 is 0 Å². The molecule has 1 aromatic carbocycles. The third-order valence-electron chi connectivity index (χ3n) is 3.47. The average molecular weight is 337 g/mol. The van der Waals surface area contributed by atoms with Crippen LogP contribution in [0.3, 0.4) is 0 Å². The van der Waals surface area contributed by atoms with Gasteiger partial charge in [0, 0.05) is 17.1 Å². The minimum Gasteiger partial charge on any atom is -0.465 e. The Kier molecular flexibility index (Phi) is 5.02. The third kappa shape index (κ3) is 3.51. The molecule has 0 spiro atoms. The fourth-order valence-corrected chi connectivity index (χ4v) is 3.13. The van der Waals surface area contributed by atoms with E-state index in [2.05, 4.69) is 53.0 Å². The zero-order valence-corrected chi connectivity index (χ0v) is 13.8. The van der Waals surface area contributed by atoms with Gasteiger partial charge in [-0.05, 0) is 50.2 Å². The first-order chi connectivity index (χ1) is 9.51. The van der Waals surface area contributed by atoms with Crippen LogP contribution in [0.1, 0.15) is 28.7 Å². The topological polar surface area (TPSA) is 42.4 Å². The summed E-state index contributed by atoms with van der Waals surface area (Å²) in [6, 6.07) is 10.6. The summed E-state index contributed by atoms with van der Waals surface area (Å²) in [5, 5.41) is 0. The summed E-state index contributed by atoms with van der Waals surface area (Å²) in [4.78, 5) is 2.22. The van der Waals surface area contributed by atoms with E-state index in [4.69, 9.17) is 10.2 Å². The molecule has 1 unspecified atom stereocenters. The van der Waals surface area contributed by atoms with E-state index >= 15 is 0 Å². The number of likely N-dealkylation sites (N-methyl/N-ethyl adjacent to an activating group) is 1. The molecule has 1 aromatic heterocycles. The molecule has 0 bridgehead atoms. The van der Waals surface area contributed by atoms with E-state index in [9.17, 15) is 0 Å². The number of nitrogens with two attached hydrogens (primary N) is 1. The molecule has 0 aliphatic carbocycles. The summed E-state index contributed by atoms with van der Waals surface area (Å²) in [7, 11) is 2.07. The molecule has 0 saturated carbocycles. The van der Waals surface area contributed by atoms with Crippen molar-refractivity contribution in [3.8, 4) is 0 Å². The van der Waals surface area contributed by atoms with Crippen LogP contribution in [0.5, 0.6) is 0 Å². The van der Waals surface area contributed by atoms with Gasteiger partial charge in [-0.25, -0.2) is 0 Å². The van der Waals surface area contributed by atoms with Gasteiger partial charge in [0.05, 0.1) is 6.54 Å². The second-order valence-electron chi connectivity index (χ2n) is 5.20. The van der Waals surface area contributed by atoms with Crippen LogP contribution in [0.25, 0.3) is 0 Å². The summed E-state index contributed by atoms with van der Waals surface area (Å²) in [5.41, 5.74) is 8.43. The number of benzene rings is 1. The van der Waals surface area contributed by atoms with Crippen molar-refractivity contribution in [1.29, 1.82) is 0 Å². The van der Waals surface area contributed by atoms with Crippen LogP contribution < -0.4 is 5.73 Å². The lowest BCUT2D eigenvalue weighted by Crippen LogP contribution is -2.30. The van der Waals surface area contributed by atoms with Gasteiger partial charge in [0.25, 0.3) is 0 Å². The summed E-state index contributed by atoms with van der Waals surface area (Å²) >= 11 is 3.64. The number of hydrogen-bond acceptors (Lipinski definition) is 3. The van der Waals surface area contributed by atoms with Crippen LogP contribution in [0.4, 0.5) is 0 Å². The molecule has 1 heterocycles. The van der Waals surface area contributed by atoms with E-state index in [1.807, 2.05) is 19.1 Å². The molecule has 0 aliphatic rings. The Morgan fingerprint density at radius 3 is 2.55 bits per heavy atom. The minimum atomic E-state index is 0.162. The molecule has 2 aromatic rings. The Morgan fingerprint density at radius 1 is 1.25 bits per heavy atom. The number of furan rings is 1. The smallest absolute Gasteiger partial charge is 0.118 e. The maximum atomic E-state index is 5.98. The highest BCUT2D eigenvalue weighted by Gasteiger charge is 2.19. The number of aryl methyl sites for hydroxylation is 2. The molecule has 1 atom stereocenters. The van der Waals surface area contributed by atoms with Gasteiger partial charge in [-0.1, -0.05) is 28.1 Å². The van der Waals surface area contributed by atoms with Crippen molar-refractivity contribution in [2.24, 2.45) is 5.73 Å². The summed E-state index contributed by atoms with van der Waals surface area (Å²) in [6.45, 7) is 5.36. The van der Waals surface area contributed by atoms with E-state index in [0.29, 0.717) is 6.54 Å². The molecule has 108 valence electrons. The Bertz CT molecular complexity index is 580. The monoisotopic (exact) mass is 336 g/mol. The first-order valence-electron chi connectivity index (χ1n) is 6.73. The largest absolute Gasteiger partial charge is 0.465 e. The second kappa shape index (κ2) is 6.57. The zero-order chi connectivity index (χ0) is 14.7. The van der Waals surface area contributed by atoms with Crippen molar-refractivity contribution in [1.82, 2.24) is 4.90 Å². The summed E-state index contributed by atoms with van der Waals surface area (Å²) in [6.07, 6.45) is 0. The molecule has 0 radical (unpaired) electrons. The van der Waals surface area contributed by atoms with Gasteiger partial charge in [0.15, 0.2) is 0 Å². The van der Waals surface area contributed by atoms with Crippen molar-refractivity contribution in [2.75, 3.05) is 13.6 Å². The van der Waals surface area contributed by atoms with Crippen LogP contribution >= 0.6 is 15.9 Å². The van der Waals surface area contributed by atoms with Crippen molar-refractivity contribution in [3.05, 3.63) is 57.5 Å². The summed E-state index contributed by atoms with van der Waals surface area (Å²) < 4.78 is 6.75. The highest BCUT2D eigenvalue weighted by atomic mass is 79.9. The molecule has 0 fully saturated rings. The molecular formula is C16H21BrN2O. The van der Waals surface area contributed by atoms with E-state index in [1.54, 1.807) is 0 Å². The maximum Gasteiger partial charge on any atom is 0.118 e. The average Bonchev–Trinajstić information content (AvgIpc) is 2.78. The molecule has 2 N–H and O–H groups in total. The van der Waals surface area contributed by atoms with Crippen LogP contribution in [0.2, 0.25) is 0 Å². The van der Waals surface area contributed by atoms with E-state index in [-0.39, 0.29) is 6.04 Å². The van der Waals surface area contributed by atoms with Crippen molar-refractivity contribution < 1.29 is 4.42 Å². The molecule has 4 heteroatoms. The normalized spacial score (nSPS) is 12.9. The van der Waals surface area contributed by atoms with Crippen molar-refractivity contribution in [3.63, 3.8) is 0 Å². The first-order valence-corrected chi connectivity index (χ1v) is 7.52. The fourth-order valence-electron chi connectivity index (χ4n) is 2.37. The molecule has 0 aliphatic heterocycles. The molecule has 0 saturated heterocycles. The number of rotatable bonds is 5. The Hall–Kier alpha value is -1.10. The zero-order valence-electron chi connectivity index (χ0n) is 12.2. The van der Waals surface area contributed by atoms with Crippen LogP contribution in [-0.4, -0.2) is 18.5 Å². The predicted octanol–water partition coefficient (Wildman–Crippen LogP) is 3.79. The van der Waals surface area contributed by atoms with Crippen LogP contribution in [0, 0.1) is 13.8 Å². The quantitative estimate of drug-likeness (QED) is 0.903. The number of hydrogen-bond donors (Lipinski definition) is 1. The first kappa shape index (κ1) is 15.3. The van der Waals surface area contributed by atoms with Gasteiger partial charge in [-0.3, -0.25) is 4.90 Å². The fraction of sp³-hybridized carbons (Fsp3) is 0.375.